The van der Waals surface area contributed by atoms with Crippen molar-refractivity contribution in [3.8, 4) is 0 Å². The predicted octanol–water partition coefficient (Wildman–Crippen LogP) is 0.634. The van der Waals surface area contributed by atoms with Gasteiger partial charge < -0.3 is 20.6 Å². The van der Waals surface area contributed by atoms with Crippen LogP contribution in [-0.4, -0.2) is 54.2 Å². The fourth-order valence-corrected chi connectivity index (χ4v) is 2.39. The van der Waals surface area contributed by atoms with Gasteiger partial charge in [0.25, 0.3) is 5.91 Å². The van der Waals surface area contributed by atoms with Crippen LogP contribution in [0, 0.1) is 0 Å². The molecule has 0 aliphatic carbocycles. The van der Waals surface area contributed by atoms with E-state index in [1.54, 1.807) is 25.8 Å². The van der Waals surface area contributed by atoms with Gasteiger partial charge in [0.2, 0.25) is 0 Å². The summed E-state index contributed by atoms with van der Waals surface area (Å²) in [5, 5.41) is 10.4. The van der Waals surface area contributed by atoms with Crippen molar-refractivity contribution in [2.45, 2.75) is 19.4 Å². The maximum atomic E-state index is 12.2. The van der Waals surface area contributed by atoms with Crippen LogP contribution in [0.1, 0.15) is 23.5 Å². The van der Waals surface area contributed by atoms with Crippen LogP contribution in [0.15, 0.2) is 0 Å². The molecule has 1 aromatic heterocycles. The number of nitrogens with two attached hydrogens (primary N) is 1. The van der Waals surface area contributed by atoms with Crippen molar-refractivity contribution >= 4 is 28.2 Å². The van der Waals surface area contributed by atoms with E-state index in [9.17, 15) is 9.90 Å². The van der Waals surface area contributed by atoms with Crippen molar-refractivity contribution in [1.29, 1.82) is 0 Å². The van der Waals surface area contributed by atoms with Gasteiger partial charge in [0.05, 0.1) is 5.60 Å². The zero-order chi connectivity index (χ0) is 14.1. The SMILES string of the molecule is CN(CC(C)(C)O)C(=O)c1sc(N(C)C)nc1N. The summed E-state index contributed by atoms with van der Waals surface area (Å²) in [5.74, 6) is 0.0107. The normalized spacial score (nSPS) is 11.4. The average molecular weight is 272 g/mol. The van der Waals surface area contributed by atoms with Crippen LogP contribution in [0.3, 0.4) is 0 Å². The van der Waals surface area contributed by atoms with E-state index in [0.717, 1.165) is 0 Å². The highest BCUT2D eigenvalue weighted by molar-refractivity contribution is 7.18. The first kappa shape index (κ1) is 14.7. The molecule has 0 unspecified atom stereocenters. The number of anilines is 2. The molecule has 1 rings (SSSR count). The first-order valence-corrected chi connectivity index (χ1v) is 6.35. The summed E-state index contributed by atoms with van der Waals surface area (Å²) in [6.45, 7) is 3.54. The average Bonchev–Trinajstić information content (AvgIpc) is 2.56. The van der Waals surface area contributed by atoms with Gasteiger partial charge in [-0.3, -0.25) is 4.79 Å². The lowest BCUT2D eigenvalue weighted by Gasteiger charge is -2.25. The fourth-order valence-electron chi connectivity index (χ4n) is 1.49. The second-order valence-corrected chi connectivity index (χ2v) is 6.06. The lowest BCUT2D eigenvalue weighted by molar-refractivity contribution is 0.0371. The number of carbonyl (C=O) groups excluding carboxylic acids is 1. The van der Waals surface area contributed by atoms with Crippen molar-refractivity contribution in [3.05, 3.63) is 4.88 Å². The Bertz CT molecular complexity index is 437. The molecule has 0 saturated carbocycles. The zero-order valence-corrected chi connectivity index (χ0v) is 12.2. The topological polar surface area (TPSA) is 82.7 Å². The number of thiazole rings is 1. The van der Waals surface area contributed by atoms with E-state index in [2.05, 4.69) is 4.98 Å². The molecule has 0 radical (unpaired) electrons. The standard InChI is InChI=1S/C11H20N4O2S/c1-11(2,17)6-15(5)9(16)7-8(12)13-10(18-7)14(3)4/h17H,6,12H2,1-5H3. The van der Waals surface area contributed by atoms with Gasteiger partial charge in [0.1, 0.15) is 10.7 Å². The number of rotatable bonds is 4. The van der Waals surface area contributed by atoms with Gasteiger partial charge in [0, 0.05) is 27.7 Å². The maximum absolute atomic E-state index is 12.2. The Balaban J connectivity index is 2.90. The van der Waals surface area contributed by atoms with E-state index in [1.165, 1.54) is 16.2 Å². The summed E-state index contributed by atoms with van der Waals surface area (Å²) < 4.78 is 0. The Morgan fingerprint density at radius 2 is 2.00 bits per heavy atom. The van der Waals surface area contributed by atoms with E-state index in [-0.39, 0.29) is 18.3 Å². The number of nitrogens with zero attached hydrogens (tertiary/aromatic N) is 3. The summed E-state index contributed by atoms with van der Waals surface area (Å²) in [4.78, 5) is 19.9. The van der Waals surface area contributed by atoms with Crippen molar-refractivity contribution in [2.24, 2.45) is 0 Å². The minimum absolute atomic E-state index is 0.222. The van der Waals surface area contributed by atoms with Gasteiger partial charge in [-0.25, -0.2) is 4.98 Å². The van der Waals surface area contributed by atoms with Crippen molar-refractivity contribution < 1.29 is 9.90 Å². The predicted molar refractivity (Wildman–Crippen MR) is 74.1 cm³/mol. The largest absolute Gasteiger partial charge is 0.389 e. The number of hydrogen-bond donors (Lipinski definition) is 2. The van der Waals surface area contributed by atoms with Gasteiger partial charge in [0.15, 0.2) is 5.13 Å². The molecule has 7 heteroatoms. The van der Waals surface area contributed by atoms with Crippen molar-refractivity contribution in [1.82, 2.24) is 9.88 Å². The van der Waals surface area contributed by atoms with Gasteiger partial charge >= 0.3 is 0 Å². The maximum Gasteiger partial charge on any atom is 0.267 e. The Morgan fingerprint density at radius 3 is 2.39 bits per heavy atom. The van der Waals surface area contributed by atoms with Gasteiger partial charge in [-0.1, -0.05) is 11.3 Å². The summed E-state index contributed by atoms with van der Waals surface area (Å²) in [7, 11) is 5.31. The molecule has 0 bridgehead atoms. The van der Waals surface area contributed by atoms with Gasteiger partial charge in [-0.05, 0) is 13.8 Å². The molecule has 0 saturated heterocycles. The van der Waals surface area contributed by atoms with Crippen LogP contribution in [-0.2, 0) is 0 Å². The molecule has 3 N–H and O–H groups in total. The van der Waals surface area contributed by atoms with Crippen LogP contribution >= 0.6 is 11.3 Å². The highest BCUT2D eigenvalue weighted by Gasteiger charge is 2.24. The Kier molecular flexibility index (Phi) is 4.18. The number of amides is 1. The van der Waals surface area contributed by atoms with Crippen LogP contribution in [0.2, 0.25) is 0 Å². The minimum Gasteiger partial charge on any atom is -0.389 e. The molecule has 102 valence electrons. The van der Waals surface area contributed by atoms with Crippen molar-refractivity contribution in [2.75, 3.05) is 38.3 Å². The van der Waals surface area contributed by atoms with Crippen LogP contribution in [0.4, 0.5) is 10.9 Å². The molecule has 0 atom stereocenters. The molecule has 18 heavy (non-hydrogen) atoms. The lowest BCUT2D eigenvalue weighted by atomic mass is 10.1. The summed E-state index contributed by atoms with van der Waals surface area (Å²) in [6, 6.07) is 0. The monoisotopic (exact) mass is 272 g/mol. The second-order valence-electron chi connectivity index (χ2n) is 5.08. The number of hydrogen-bond acceptors (Lipinski definition) is 6. The Morgan fingerprint density at radius 1 is 1.44 bits per heavy atom. The molecule has 1 amide bonds. The Hall–Kier alpha value is -1.34. The molecule has 0 aliphatic heterocycles. The molecule has 6 nitrogen and oxygen atoms in total. The molecule has 1 heterocycles. The van der Waals surface area contributed by atoms with E-state index >= 15 is 0 Å². The smallest absolute Gasteiger partial charge is 0.267 e. The first-order chi connectivity index (χ1) is 8.11. The quantitative estimate of drug-likeness (QED) is 0.840. The number of aromatic nitrogens is 1. The zero-order valence-electron chi connectivity index (χ0n) is 11.4. The third kappa shape index (κ3) is 3.58. The molecule has 0 aromatic carbocycles. The number of aliphatic hydroxyl groups is 1. The number of likely N-dealkylation sites (N-methyl/N-ethyl adjacent to an activating group) is 1. The van der Waals surface area contributed by atoms with Crippen LogP contribution in [0.25, 0.3) is 0 Å². The third-order valence-electron chi connectivity index (χ3n) is 2.19. The molecule has 0 spiro atoms. The second kappa shape index (κ2) is 5.11. The highest BCUT2D eigenvalue weighted by Crippen LogP contribution is 2.27. The molecule has 1 aromatic rings. The van der Waals surface area contributed by atoms with Gasteiger partial charge in [-0.15, -0.1) is 0 Å². The molecular weight excluding hydrogens is 252 g/mol. The summed E-state index contributed by atoms with van der Waals surface area (Å²) >= 11 is 1.25. The van der Waals surface area contributed by atoms with E-state index < -0.39 is 5.60 Å². The first-order valence-electron chi connectivity index (χ1n) is 5.53. The van der Waals surface area contributed by atoms with E-state index in [0.29, 0.717) is 10.0 Å². The summed E-state index contributed by atoms with van der Waals surface area (Å²) in [6.07, 6.45) is 0. The molecule has 0 aliphatic rings. The molecule has 0 fully saturated rings. The van der Waals surface area contributed by atoms with E-state index in [4.69, 9.17) is 5.73 Å². The highest BCUT2D eigenvalue weighted by atomic mass is 32.1. The van der Waals surface area contributed by atoms with Crippen LogP contribution in [0.5, 0.6) is 0 Å². The minimum atomic E-state index is -0.936. The lowest BCUT2D eigenvalue weighted by Crippen LogP contribution is -2.39. The number of carbonyl (C=O) groups is 1. The number of nitrogen functional groups attached to an aromatic ring is 1. The van der Waals surface area contributed by atoms with Gasteiger partial charge in [-0.2, -0.15) is 0 Å². The third-order valence-corrected chi connectivity index (χ3v) is 3.42. The Labute approximate surface area is 111 Å². The molecular formula is C11H20N4O2S. The fraction of sp³-hybridized carbons (Fsp3) is 0.636. The van der Waals surface area contributed by atoms with Crippen LogP contribution < -0.4 is 10.6 Å². The van der Waals surface area contributed by atoms with Crippen molar-refractivity contribution in [3.63, 3.8) is 0 Å². The summed E-state index contributed by atoms with van der Waals surface area (Å²) in [5.41, 5.74) is 4.81. The van der Waals surface area contributed by atoms with E-state index in [1.807, 2.05) is 14.1 Å².